The van der Waals surface area contributed by atoms with Gasteiger partial charge in [0.05, 0.1) is 0 Å². The molecule has 0 unspecified atom stereocenters. The molecule has 1 aromatic carbocycles. The van der Waals surface area contributed by atoms with E-state index in [0.717, 1.165) is 12.8 Å². The Kier molecular flexibility index (Phi) is 4.89. The van der Waals surface area contributed by atoms with Crippen molar-refractivity contribution in [2.45, 2.75) is 39.0 Å². The van der Waals surface area contributed by atoms with Gasteiger partial charge in [-0.2, -0.15) is 5.10 Å². The van der Waals surface area contributed by atoms with Crippen LogP contribution in [-0.2, 0) is 11.8 Å². The number of hydrogen-bond donors (Lipinski definition) is 2. The van der Waals surface area contributed by atoms with E-state index >= 15 is 0 Å². The van der Waals surface area contributed by atoms with Crippen molar-refractivity contribution in [3.05, 3.63) is 35.4 Å². The number of hydrogen-bond acceptors (Lipinski definition) is 2. The molecule has 4 N–H and O–H groups in total. The lowest BCUT2D eigenvalue weighted by Gasteiger charge is -2.19. The molecule has 18 heavy (non-hydrogen) atoms. The molecule has 0 amide bonds. The predicted molar refractivity (Wildman–Crippen MR) is 77.8 cm³/mol. The second kappa shape index (κ2) is 6.19. The zero-order valence-electron chi connectivity index (χ0n) is 11.4. The van der Waals surface area contributed by atoms with Gasteiger partial charge in [0, 0.05) is 6.21 Å². The Hall–Kier alpha value is -1.84. The summed E-state index contributed by atoms with van der Waals surface area (Å²) in [6, 6.07) is 8.69. The normalized spacial score (nSPS) is 11.7. The van der Waals surface area contributed by atoms with Gasteiger partial charge in [0.15, 0.2) is 0 Å². The summed E-state index contributed by atoms with van der Waals surface area (Å²) in [6.45, 7) is 6.64. The number of nitrogens with two attached hydrogens (primary N) is 2. The van der Waals surface area contributed by atoms with Crippen molar-refractivity contribution >= 4 is 12.2 Å². The van der Waals surface area contributed by atoms with Gasteiger partial charge in [-0.15, -0.1) is 5.10 Å². The SMILES string of the molecule is CC(C)(C)c1ccc(CC/C=N\N=C(N)N)cc1. The Morgan fingerprint density at radius 3 is 2.28 bits per heavy atom. The van der Waals surface area contributed by atoms with Gasteiger partial charge in [-0.05, 0) is 29.4 Å². The van der Waals surface area contributed by atoms with Gasteiger partial charge in [0.2, 0.25) is 5.96 Å². The fourth-order valence-corrected chi connectivity index (χ4v) is 1.57. The van der Waals surface area contributed by atoms with E-state index in [0.29, 0.717) is 0 Å². The first-order valence-corrected chi connectivity index (χ1v) is 6.09. The number of guanidine groups is 1. The van der Waals surface area contributed by atoms with E-state index < -0.39 is 0 Å². The summed E-state index contributed by atoms with van der Waals surface area (Å²) >= 11 is 0. The summed E-state index contributed by atoms with van der Waals surface area (Å²) in [4.78, 5) is 0. The maximum absolute atomic E-state index is 5.16. The summed E-state index contributed by atoms with van der Waals surface area (Å²) < 4.78 is 0. The fraction of sp³-hybridized carbons (Fsp3) is 0.429. The minimum absolute atomic E-state index is 0.0132. The van der Waals surface area contributed by atoms with Crippen molar-refractivity contribution in [1.82, 2.24) is 0 Å². The molecule has 0 aliphatic rings. The van der Waals surface area contributed by atoms with E-state index in [1.807, 2.05) is 0 Å². The molecule has 0 aliphatic heterocycles. The van der Waals surface area contributed by atoms with Gasteiger partial charge >= 0.3 is 0 Å². The molecule has 1 rings (SSSR count). The quantitative estimate of drug-likeness (QED) is 0.485. The molecular formula is C14H22N4. The Labute approximate surface area is 109 Å². The van der Waals surface area contributed by atoms with Crippen molar-refractivity contribution in [2.75, 3.05) is 0 Å². The van der Waals surface area contributed by atoms with Crippen LogP contribution in [0.25, 0.3) is 0 Å². The summed E-state index contributed by atoms with van der Waals surface area (Å²) in [7, 11) is 0. The van der Waals surface area contributed by atoms with Crippen LogP contribution in [0.2, 0.25) is 0 Å². The van der Waals surface area contributed by atoms with Gasteiger partial charge < -0.3 is 11.5 Å². The van der Waals surface area contributed by atoms with E-state index in [1.54, 1.807) is 6.21 Å². The fourth-order valence-electron chi connectivity index (χ4n) is 1.57. The van der Waals surface area contributed by atoms with Crippen LogP contribution in [0, 0.1) is 0 Å². The van der Waals surface area contributed by atoms with Crippen LogP contribution in [-0.4, -0.2) is 12.2 Å². The van der Waals surface area contributed by atoms with Crippen molar-refractivity contribution in [3.8, 4) is 0 Å². The molecule has 0 saturated heterocycles. The number of aryl methyl sites for hydroxylation is 1. The lowest BCUT2D eigenvalue weighted by Crippen LogP contribution is -2.21. The lowest BCUT2D eigenvalue weighted by molar-refractivity contribution is 0.590. The first kappa shape index (κ1) is 14.2. The minimum Gasteiger partial charge on any atom is -0.369 e. The highest BCUT2D eigenvalue weighted by Crippen LogP contribution is 2.22. The maximum atomic E-state index is 5.16. The Balaban J connectivity index is 2.50. The molecule has 98 valence electrons. The average Bonchev–Trinajstić information content (AvgIpc) is 2.27. The third-order valence-corrected chi connectivity index (χ3v) is 2.64. The zero-order valence-corrected chi connectivity index (χ0v) is 11.4. The maximum Gasteiger partial charge on any atom is 0.211 e. The molecule has 0 aromatic heterocycles. The van der Waals surface area contributed by atoms with Crippen molar-refractivity contribution < 1.29 is 0 Å². The van der Waals surface area contributed by atoms with Crippen molar-refractivity contribution in [2.24, 2.45) is 21.7 Å². The molecule has 0 saturated carbocycles. The molecule has 0 spiro atoms. The molecule has 0 aliphatic carbocycles. The molecule has 0 bridgehead atoms. The molecule has 0 heterocycles. The summed E-state index contributed by atoms with van der Waals surface area (Å²) in [5.74, 6) is -0.0132. The van der Waals surface area contributed by atoms with E-state index in [1.165, 1.54) is 11.1 Å². The second-order valence-electron chi connectivity index (χ2n) is 5.31. The molecule has 0 fully saturated rings. The average molecular weight is 246 g/mol. The number of benzene rings is 1. The molecule has 4 nitrogen and oxygen atoms in total. The summed E-state index contributed by atoms with van der Waals surface area (Å²) in [5, 5.41) is 7.30. The Morgan fingerprint density at radius 1 is 1.17 bits per heavy atom. The second-order valence-corrected chi connectivity index (χ2v) is 5.31. The smallest absolute Gasteiger partial charge is 0.211 e. The Morgan fingerprint density at radius 2 is 1.78 bits per heavy atom. The van der Waals surface area contributed by atoms with Crippen molar-refractivity contribution in [1.29, 1.82) is 0 Å². The molecule has 0 atom stereocenters. The van der Waals surface area contributed by atoms with Crippen molar-refractivity contribution in [3.63, 3.8) is 0 Å². The first-order valence-electron chi connectivity index (χ1n) is 6.09. The third-order valence-electron chi connectivity index (χ3n) is 2.64. The van der Waals surface area contributed by atoms with Crippen LogP contribution in [0.5, 0.6) is 0 Å². The third kappa shape index (κ3) is 4.99. The summed E-state index contributed by atoms with van der Waals surface area (Å²) in [5.41, 5.74) is 13.2. The van der Waals surface area contributed by atoms with Crippen LogP contribution in [0.4, 0.5) is 0 Å². The van der Waals surface area contributed by atoms with Gasteiger partial charge in [0.25, 0.3) is 0 Å². The molecule has 1 aromatic rings. The van der Waals surface area contributed by atoms with Crippen LogP contribution >= 0.6 is 0 Å². The van der Waals surface area contributed by atoms with Gasteiger partial charge in [0.1, 0.15) is 0 Å². The highest BCUT2D eigenvalue weighted by atomic mass is 15.3. The largest absolute Gasteiger partial charge is 0.369 e. The van der Waals surface area contributed by atoms with Crippen LogP contribution in [0.1, 0.15) is 38.3 Å². The molecular weight excluding hydrogens is 224 g/mol. The van der Waals surface area contributed by atoms with Gasteiger partial charge in [-0.25, -0.2) is 0 Å². The Bertz CT molecular complexity index is 420. The van der Waals surface area contributed by atoms with Crippen LogP contribution < -0.4 is 11.5 Å². The zero-order chi connectivity index (χ0) is 13.6. The van der Waals surface area contributed by atoms with E-state index in [2.05, 4.69) is 55.2 Å². The highest BCUT2D eigenvalue weighted by Gasteiger charge is 2.12. The van der Waals surface area contributed by atoms with Crippen LogP contribution in [0.3, 0.4) is 0 Å². The molecule has 4 heteroatoms. The van der Waals surface area contributed by atoms with E-state index in [4.69, 9.17) is 11.5 Å². The van der Waals surface area contributed by atoms with Gasteiger partial charge in [-0.1, -0.05) is 45.0 Å². The van der Waals surface area contributed by atoms with E-state index in [-0.39, 0.29) is 11.4 Å². The summed E-state index contributed by atoms with van der Waals surface area (Å²) in [6.07, 6.45) is 3.48. The topological polar surface area (TPSA) is 76.8 Å². The van der Waals surface area contributed by atoms with E-state index in [9.17, 15) is 0 Å². The predicted octanol–water partition coefficient (Wildman–Crippen LogP) is 2.18. The monoisotopic (exact) mass is 246 g/mol. The van der Waals surface area contributed by atoms with Gasteiger partial charge in [-0.3, -0.25) is 0 Å². The standard InChI is InChI=1S/C14H22N4/c1-14(2,3)12-8-6-11(7-9-12)5-4-10-17-18-13(15)16/h6-10H,4-5H2,1-3H3,(H4,15,16,18)/b17-10-. The molecule has 0 radical (unpaired) electrons. The lowest BCUT2D eigenvalue weighted by atomic mass is 9.86. The highest BCUT2D eigenvalue weighted by molar-refractivity contribution is 5.76. The minimum atomic E-state index is -0.0132. The number of rotatable bonds is 4. The van der Waals surface area contributed by atoms with Crippen LogP contribution in [0.15, 0.2) is 34.5 Å². The number of nitrogens with zero attached hydrogens (tertiary/aromatic N) is 2. The first-order chi connectivity index (χ1) is 8.39.